The number of benzene rings is 2. The quantitative estimate of drug-likeness (QED) is 0.757. The van der Waals surface area contributed by atoms with E-state index in [0.717, 1.165) is 16.5 Å². The van der Waals surface area contributed by atoms with Crippen molar-refractivity contribution in [2.24, 2.45) is 5.73 Å². The number of carbonyl (C=O) groups is 1. The summed E-state index contributed by atoms with van der Waals surface area (Å²) in [5, 5.41) is 1.09. The number of fused-ring (bicyclic) bond motifs is 1. The maximum atomic E-state index is 11.0. The molecule has 1 amide bonds. The Balaban J connectivity index is 1.67. The van der Waals surface area contributed by atoms with Gasteiger partial charge in [0.05, 0.1) is 5.52 Å². The summed E-state index contributed by atoms with van der Waals surface area (Å²) in [5.41, 5.74) is 7.14. The van der Waals surface area contributed by atoms with Crippen molar-refractivity contribution >= 4 is 16.8 Å². The van der Waals surface area contributed by atoms with E-state index in [9.17, 15) is 4.79 Å². The lowest BCUT2D eigenvalue weighted by Gasteiger charge is -2.12. The SMILES string of the molecule is CC(Oc1ccc(OCc2cccc3cccnc23)cc1)C(N)=O. The Kier molecular flexibility index (Phi) is 4.61. The molecule has 122 valence electrons. The molecule has 0 aliphatic heterocycles. The van der Waals surface area contributed by atoms with Gasteiger partial charge in [-0.3, -0.25) is 9.78 Å². The first kappa shape index (κ1) is 15.8. The summed E-state index contributed by atoms with van der Waals surface area (Å²) in [6.45, 7) is 2.03. The van der Waals surface area contributed by atoms with Crippen LogP contribution in [0, 0.1) is 0 Å². The number of primary amides is 1. The maximum Gasteiger partial charge on any atom is 0.258 e. The van der Waals surface area contributed by atoms with Crippen molar-refractivity contribution in [1.82, 2.24) is 4.98 Å². The molecule has 5 heteroatoms. The van der Waals surface area contributed by atoms with E-state index in [2.05, 4.69) is 4.98 Å². The number of para-hydroxylation sites is 1. The van der Waals surface area contributed by atoms with E-state index in [1.165, 1.54) is 0 Å². The highest BCUT2D eigenvalue weighted by molar-refractivity contribution is 5.81. The van der Waals surface area contributed by atoms with Crippen molar-refractivity contribution in [2.45, 2.75) is 19.6 Å². The highest BCUT2D eigenvalue weighted by Crippen LogP contribution is 2.21. The van der Waals surface area contributed by atoms with Gasteiger partial charge in [-0.05, 0) is 37.3 Å². The summed E-state index contributed by atoms with van der Waals surface area (Å²) in [6.07, 6.45) is 1.11. The van der Waals surface area contributed by atoms with Gasteiger partial charge in [0, 0.05) is 17.1 Å². The zero-order chi connectivity index (χ0) is 16.9. The van der Waals surface area contributed by atoms with E-state index in [4.69, 9.17) is 15.2 Å². The Labute approximate surface area is 140 Å². The summed E-state index contributed by atoms with van der Waals surface area (Å²) < 4.78 is 11.2. The summed E-state index contributed by atoms with van der Waals surface area (Å²) >= 11 is 0. The average molecular weight is 322 g/mol. The van der Waals surface area contributed by atoms with Crippen LogP contribution in [0.2, 0.25) is 0 Å². The van der Waals surface area contributed by atoms with Crippen LogP contribution in [0.15, 0.2) is 60.8 Å². The minimum atomic E-state index is -0.668. The van der Waals surface area contributed by atoms with Gasteiger partial charge in [0.25, 0.3) is 5.91 Å². The van der Waals surface area contributed by atoms with Crippen LogP contribution < -0.4 is 15.2 Å². The maximum absolute atomic E-state index is 11.0. The van der Waals surface area contributed by atoms with Crippen LogP contribution in [0.1, 0.15) is 12.5 Å². The van der Waals surface area contributed by atoms with E-state index >= 15 is 0 Å². The predicted octanol–water partition coefficient (Wildman–Crippen LogP) is 3.07. The average Bonchev–Trinajstić information content (AvgIpc) is 2.61. The van der Waals surface area contributed by atoms with Crippen molar-refractivity contribution in [3.05, 3.63) is 66.4 Å². The second kappa shape index (κ2) is 7.00. The summed E-state index contributed by atoms with van der Waals surface area (Å²) in [6, 6.07) is 17.0. The first-order valence-electron chi connectivity index (χ1n) is 7.65. The fourth-order valence-electron chi connectivity index (χ4n) is 2.32. The molecule has 0 fully saturated rings. The first-order valence-corrected chi connectivity index (χ1v) is 7.65. The number of amides is 1. The summed E-state index contributed by atoms with van der Waals surface area (Å²) in [5.74, 6) is 0.779. The third-order valence-electron chi connectivity index (χ3n) is 3.65. The number of aromatic nitrogens is 1. The molecule has 3 aromatic rings. The molecule has 1 atom stereocenters. The number of carbonyl (C=O) groups excluding carboxylic acids is 1. The van der Waals surface area contributed by atoms with E-state index < -0.39 is 12.0 Å². The molecule has 0 saturated heterocycles. The minimum Gasteiger partial charge on any atom is -0.489 e. The van der Waals surface area contributed by atoms with Gasteiger partial charge < -0.3 is 15.2 Å². The van der Waals surface area contributed by atoms with Gasteiger partial charge >= 0.3 is 0 Å². The number of nitrogens with zero attached hydrogens (tertiary/aromatic N) is 1. The van der Waals surface area contributed by atoms with Crippen LogP contribution in [-0.2, 0) is 11.4 Å². The molecule has 0 spiro atoms. The number of rotatable bonds is 6. The van der Waals surface area contributed by atoms with Crippen LogP contribution in [0.5, 0.6) is 11.5 Å². The Morgan fingerprint density at radius 3 is 2.54 bits per heavy atom. The Bertz CT molecular complexity index is 841. The zero-order valence-electron chi connectivity index (χ0n) is 13.3. The summed E-state index contributed by atoms with van der Waals surface area (Å²) in [4.78, 5) is 15.4. The van der Waals surface area contributed by atoms with Gasteiger partial charge in [-0.2, -0.15) is 0 Å². The lowest BCUT2D eigenvalue weighted by Crippen LogP contribution is -2.30. The highest BCUT2D eigenvalue weighted by atomic mass is 16.5. The minimum absolute atomic E-state index is 0.423. The van der Waals surface area contributed by atoms with E-state index in [1.54, 1.807) is 37.4 Å². The number of hydrogen-bond acceptors (Lipinski definition) is 4. The standard InChI is InChI=1S/C19H18N2O3/c1-13(19(20)22)24-17-9-7-16(8-10-17)23-12-15-5-2-4-14-6-3-11-21-18(14)15/h2-11,13H,12H2,1H3,(H2,20,22). The molecule has 1 aromatic heterocycles. The number of nitrogens with two attached hydrogens (primary N) is 1. The molecule has 24 heavy (non-hydrogen) atoms. The molecule has 0 saturated carbocycles. The van der Waals surface area contributed by atoms with Crippen molar-refractivity contribution in [3.63, 3.8) is 0 Å². The molecular formula is C19H18N2O3. The van der Waals surface area contributed by atoms with Gasteiger partial charge in [0.15, 0.2) is 6.10 Å². The molecule has 3 rings (SSSR count). The smallest absolute Gasteiger partial charge is 0.258 e. The number of hydrogen-bond donors (Lipinski definition) is 1. The van der Waals surface area contributed by atoms with Gasteiger partial charge in [-0.25, -0.2) is 0 Å². The Morgan fingerprint density at radius 1 is 1.08 bits per heavy atom. The van der Waals surface area contributed by atoms with Crippen LogP contribution in [-0.4, -0.2) is 17.0 Å². The molecule has 2 N–H and O–H groups in total. The van der Waals surface area contributed by atoms with Crippen molar-refractivity contribution in [1.29, 1.82) is 0 Å². The monoisotopic (exact) mass is 322 g/mol. The van der Waals surface area contributed by atoms with Crippen molar-refractivity contribution < 1.29 is 14.3 Å². The Morgan fingerprint density at radius 2 is 1.79 bits per heavy atom. The number of ether oxygens (including phenoxy) is 2. The first-order chi connectivity index (χ1) is 11.6. The molecule has 0 aliphatic rings. The molecule has 0 radical (unpaired) electrons. The van der Waals surface area contributed by atoms with Crippen LogP contribution >= 0.6 is 0 Å². The van der Waals surface area contributed by atoms with Gasteiger partial charge in [0.2, 0.25) is 0 Å². The zero-order valence-corrected chi connectivity index (χ0v) is 13.3. The van der Waals surface area contributed by atoms with Crippen molar-refractivity contribution in [2.75, 3.05) is 0 Å². The third kappa shape index (κ3) is 3.63. The molecule has 5 nitrogen and oxygen atoms in total. The normalized spacial score (nSPS) is 11.9. The second-order valence-corrected chi connectivity index (χ2v) is 5.41. The number of pyridine rings is 1. The molecular weight excluding hydrogens is 304 g/mol. The van der Waals surface area contributed by atoms with E-state index in [-0.39, 0.29) is 0 Å². The van der Waals surface area contributed by atoms with Gasteiger partial charge in [-0.1, -0.05) is 24.3 Å². The topological polar surface area (TPSA) is 74.4 Å². The van der Waals surface area contributed by atoms with Crippen molar-refractivity contribution in [3.8, 4) is 11.5 Å². The highest BCUT2D eigenvalue weighted by Gasteiger charge is 2.10. The molecule has 1 heterocycles. The molecule has 2 aromatic carbocycles. The summed E-state index contributed by atoms with van der Waals surface area (Å²) in [7, 11) is 0. The largest absolute Gasteiger partial charge is 0.489 e. The molecule has 0 aliphatic carbocycles. The second-order valence-electron chi connectivity index (χ2n) is 5.41. The third-order valence-corrected chi connectivity index (χ3v) is 3.65. The van der Waals surface area contributed by atoms with Crippen LogP contribution in [0.25, 0.3) is 10.9 Å². The van der Waals surface area contributed by atoms with E-state index in [0.29, 0.717) is 18.1 Å². The molecule has 0 bridgehead atoms. The van der Waals surface area contributed by atoms with Gasteiger partial charge in [0.1, 0.15) is 18.1 Å². The Hall–Kier alpha value is -3.08. The fourth-order valence-corrected chi connectivity index (χ4v) is 2.32. The lowest BCUT2D eigenvalue weighted by atomic mass is 10.1. The van der Waals surface area contributed by atoms with Gasteiger partial charge in [-0.15, -0.1) is 0 Å². The molecule has 1 unspecified atom stereocenters. The predicted molar refractivity (Wildman–Crippen MR) is 91.8 cm³/mol. The van der Waals surface area contributed by atoms with E-state index in [1.807, 2.05) is 30.3 Å². The van der Waals surface area contributed by atoms with Crippen LogP contribution in [0.3, 0.4) is 0 Å². The lowest BCUT2D eigenvalue weighted by molar-refractivity contribution is -0.123. The van der Waals surface area contributed by atoms with Crippen LogP contribution in [0.4, 0.5) is 0 Å². The fraction of sp³-hybridized carbons (Fsp3) is 0.158.